The molecule has 40 heavy (non-hydrogen) atoms. The molecule has 0 saturated heterocycles. The summed E-state index contributed by atoms with van der Waals surface area (Å²) in [5, 5.41) is 3.88. The van der Waals surface area contributed by atoms with Gasteiger partial charge in [0, 0.05) is 16.8 Å². The first-order chi connectivity index (χ1) is 19.3. The van der Waals surface area contributed by atoms with E-state index in [0.717, 1.165) is 57.2 Å². The number of benzene rings is 2. The molecule has 0 atom stereocenters. The van der Waals surface area contributed by atoms with Gasteiger partial charge in [0.25, 0.3) is 5.91 Å². The highest BCUT2D eigenvalue weighted by atomic mass is 127. The van der Waals surface area contributed by atoms with Gasteiger partial charge in [0.2, 0.25) is 0 Å². The van der Waals surface area contributed by atoms with Gasteiger partial charge in [0.05, 0.1) is 22.9 Å². The zero-order chi connectivity index (χ0) is 28.6. The summed E-state index contributed by atoms with van der Waals surface area (Å²) < 4.78 is 17.0. The predicted octanol–water partition coefficient (Wildman–Crippen LogP) is 7.58. The van der Waals surface area contributed by atoms with Crippen LogP contribution in [0.3, 0.4) is 0 Å². The van der Waals surface area contributed by atoms with Crippen LogP contribution in [0.1, 0.15) is 70.1 Å². The number of hydrogen-bond acceptors (Lipinski definition) is 7. The monoisotopic (exact) mass is 674 g/mol. The Bertz CT molecular complexity index is 1420. The van der Waals surface area contributed by atoms with Crippen molar-refractivity contribution < 1.29 is 23.8 Å². The minimum Gasteiger partial charge on any atom is -0.493 e. The molecule has 0 radical (unpaired) electrons. The number of rotatable bonds is 9. The zero-order valence-corrected chi connectivity index (χ0v) is 26.4. The van der Waals surface area contributed by atoms with Gasteiger partial charge in [-0.25, -0.2) is 9.79 Å². The third-order valence-electron chi connectivity index (χ3n) is 6.74. The standard InChI is InChI=1S/C31H35IN2O5S/c1-5-38-27(35)18-39-29-23(32)15-21(16-25(29)37-4)17-33-31-28(22-10-8-6-7-9-11-26(22)40-31)30(36)34-24-14-19(2)12-13-20(24)3/h12-17H,5-11,18H2,1-4H3,(H,34,36). The number of nitrogens with zero attached hydrogens (tertiary/aromatic N) is 1. The number of halogens is 1. The minimum atomic E-state index is -0.439. The Labute approximate surface area is 253 Å². The molecule has 7 nitrogen and oxygen atoms in total. The lowest BCUT2D eigenvalue weighted by atomic mass is 9.96. The second-order valence-electron chi connectivity index (χ2n) is 9.76. The number of aliphatic imine (C=N–C) groups is 1. The van der Waals surface area contributed by atoms with Crippen molar-refractivity contribution in [2.75, 3.05) is 25.6 Å². The molecule has 1 amide bonds. The number of thiophene rings is 1. The maximum Gasteiger partial charge on any atom is 0.344 e. The van der Waals surface area contributed by atoms with E-state index in [1.807, 2.05) is 44.2 Å². The fraction of sp³-hybridized carbons (Fsp3) is 0.387. The lowest BCUT2D eigenvalue weighted by molar-refractivity contribution is -0.145. The van der Waals surface area contributed by atoms with Crippen LogP contribution in [0, 0.1) is 17.4 Å². The largest absolute Gasteiger partial charge is 0.493 e. The SMILES string of the molecule is CCOC(=O)COc1c(I)cc(C=Nc2sc3c(c2C(=O)Nc2cc(C)ccc2C)CCCCCC3)cc1OC. The zero-order valence-electron chi connectivity index (χ0n) is 23.4. The summed E-state index contributed by atoms with van der Waals surface area (Å²) in [4.78, 5) is 31.6. The third kappa shape index (κ3) is 7.42. The van der Waals surface area contributed by atoms with Gasteiger partial charge in [0.1, 0.15) is 5.00 Å². The average Bonchev–Trinajstić information content (AvgIpc) is 3.24. The molecule has 212 valence electrons. The summed E-state index contributed by atoms with van der Waals surface area (Å²) in [6, 6.07) is 9.80. The van der Waals surface area contributed by atoms with Crippen molar-refractivity contribution in [2.45, 2.75) is 59.3 Å². The Kier molecular flexibility index (Phi) is 10.6. The van der Waals surface area contributed by atoms with Crippen LogP contribution in [0.2, 0.25) is 0 Å². The first-order valence-corrected chi connectivity index (χ1v) is 15.4. The van der Waals surface area contributed by atoms with Crippen LogP contribution < -0.4 is 14.8 Å². The Morgan fingerprint density at radius 1 is 1.10 bits per heavy atom. The molecular formula is C31H35IN2O5S. The quantitative estimate of drug-likeness (QED) is 0.144. The molecule has 1 aliphatic rings. The molecular weight excluding hydrogens is 639 g/mol. The van der Waals surface area contributed by atoms with Gasteiger partial charge in [-0.05, 0) is 109 Å². The number of aryl methyl sites for hydroxylation is 3. The van der Waals surface area contributed by atoms with Crippen molar-refractivity contribution in [3.8, 4) is 11.5 Å². The molecule has 9 heteroatoms. The van der Waals surface area contributed by atoms with Crippen molar-refractivity contribution in [2.24, 2.45) is 4.99 Å². The Hall–Kier alpha value is -2.92. The lowest BCUT2D eigenvalue weighted by Crippen LogP contribution is -2.15. The minimum absolute atomic E-state index is 0.117. The van der Waals surface area contributed by atoms with Crippen molar-refractivity contribution in [1.82, 2.24) is 0 Å². The number of hydrogen-bond donors (Lipinski definition) is 1. The van der Waals surface area contributed by atoms with E-state index in [9.17, 15) is 9.59 Å². The van der Waals surface area contributed by atoms with E-state index in [-0.39, 0.29) is 12.5 Å². The van der Waals surface area contributed by atoms with Gasteiger partial charge in [0.15, 0.2) is 18.1 Å². The molecule has 1 N–H and O–H groups in total. The summed E-state index contributed by atoms with van der Waals surface area (Å²) in [7, 11) is 1.55. The molecule has 0 spiro atoms. The van der Waals surface area contributed by atoms with Gasteiger partial charge in [-0.3, -0.25) is 4.79 Å². The van der Waals surface area contributed by atoms with Crippen molar-refractivity contribution >= 4 is 62.7 Å². The first kappa shape index (κ1) is 30.0. The van der Waals surface area contributed by atoms with Gasteiger partial charge >= 0.3 is 5.97 Å². The van der Waals surface area contributed by atoms with E-state index in [0.29, 0.717) is 28.7 Å². The Balaban J connectivity index is 1.66. The number of fused-ring (bicyclic) bond motifs is 1. The first-order valence-electron chi connectivity index (χ1n) is 13.5. The fourth-order valence-corrected chi connectivity index (χ4v) is 6.72. The predicted molar refractivity (Wildman–Crippen MR) is 169 cm³/mol. The van der Waals surface area contributed by atoms with Crippen LogP contribution in [0.4, 0.5) is 10.7 Å². The van der Waals surface area contributed by atoms with Crippen LogP contribution >= 0.6 is 33.9 Å². The Morgan fingerprint density at radius 2 is 1.88 bits per heavy atom. The normalized spacial score (nSPS) is 13.3. The summed E-state index contributed by atoms with van der Waals surface area (Å²) in [5.74, 6) is 0.407. The molecule has 0 aliphatic heterocycles. The van der Waals surface area contributed by atoms with Crippen molar-refractivity contribution in [1.29, 1.82) is 0 Å². The van der Waals surface area contributed by atoms with Crippen LogP contribution in [0.5, 0.6) is 11.5 Å². The molecule has 4 rings (SSSR count). The number of anilines is 1. The topological polar surface area (TPSA) is 86.2 Å². The highest BCUT2D eigenvalue weighted by Crippen LogP contribution is 2.40. The van der Waals surface area contributed by atoms with E-state index >= 15 is 0 Å². The Morgan fingerprint density at radius 3 is 2.62 bits per heavy atom. The smallest absolute Gasteiger partial charge is 0.344 e. The van der Waals surface area contributed by atoms with Crippen LogP contribution in [-0.4, -0.2) is 38.4 Å². The molecule has 0 saturated carbocycles. The van der Waals surface area contributed by atoms with E-state index < -0.39 is 5.97 Å². The summed E-state index contributed by atoms with van der Waals surface area (Å²) >= 11 is 3.77. The molecule has 0 fully saturated rings. The highest BCUT2D eigenvalue weighted by Gasteiger charge is 2.24. The van der Waals surface area contributed by atoms with Crippen molar-refractivity contribution in [3.05, 3.63) is 66.6 Å². The molecule has 2 aromatic carbocycles. The van der Waals surface area contributed by atoms with Crippen LogP contribution in [0.25, 0.3) is 0 Å². The summed E-state index contributed by atoms with van der Waals surface area (Å²) in [6.07, 6.45) is 8.19. The number of ether oxygens (including phenoxy) is 3. The molecule has 3 aromatic rings. The molecule has 0 unspecified atom stereocenters. The van der Waals surface area contributed by atoms with E-state index in [4.69, 9.17) is 19.2 Å². The van der Waals surface area contributed by atoms with Crippen molar-refractivity contribution in [3.63, 3.8) is 0 Å². The van der Waals surface area contributed by atoms with Crippen LogP contribution in [-0.2, 0) is 22.4 Å². The summed E-state index contributed by atoms with van der Waals surface area (Å²) in [5.41, 5.74) is 5.55. The number of esters is 1. The van der Waals surface area contributed by atoms with Gasteiger partial charge < -0.3 is 19.5 Å². The van der Waals surface area contributed by atoms with E-state index in [2.05, 4.69) is 27.9 Å². The van der Waals surface area contributed by atoms with Gasteiger partial charge in [-0.1, -0.05) is 25.0 Å². The number of carbonyl (C=O) groups is 2. The number of methoxy groups -OCH3 is 1. The number of amides is 1. The van der Waals surface area contributed by atoms with Gasteiger partial charge in [-0.15, -0.1) is 11.3 Å². The van der Waals surface area contributed by atoms with Gasteiger partial charge in [-0.2, -0.15) is 0 Å². The highest BCUT2D eigenvalue weighted by molar-refractivity contribution is 14.1. The average molecular weight is 675 g/mol. The molecule has 1 heterocycles. The second-order valence-corrected chi connectivity index (χ2v) is 12.0. The van der Waals surface area contributed by atoms with E-state index in [1.54, 1.807) is 31.6 Å². The summed E-state index contributed by atoms with van der Waals surface area (Å²) in [6.45, 7) is 5.87. The maximum atomic E-state index is 13.8. The van der Waals surface area contributed by atoms with E-state index in [1.165, 1.54) is 17.7 Å². The lowest BCUT2D eigenvalue weighted by Gasteiger charge is -2.13. The fourth-order valence-electron chi connectivity index (χ4n) is 4.71. The molecule has 0 bridgehead atoms. The molecule has 1 aromatic heterocycles. The van der Waals surface area contributed by atoms with Crippen LogP contribution in [0.15, 0.2) is 35.3 Å². The number of nitrogens with one attached hydrogen (secondary N) is 1. The third-order valence-corrected chi connectivity index (χ3v) is 8.74. The maximum absolute atomic E-state index is 13.8. The number of carbonyl (C=O) groups excluding carboxylic acids is 2. The molecule has 1 aliphatic carbocycles. The second kappa shape index (κ2) is 14.1.